The topological polar surface area (TPSA) is 72.2 Å². The quantitative estimate of drug-likeness (QED) is 0.503. The average Bonchev–Trinajstić information content (AvgIpc) is 2.22. The lowest BCUT2D eigenvalue weighted by Crippen LogP contribution is -2.14. The summed E-state index contributed by atoms with van der Waals surface area (Å²) in [6, 6.07) is 2.83. The number of nitro groups is 1. The van der Waals surface area contributed by atoms with E-state index in [2.05, 4.69) is 5.32 Å². The number of aryl methyl sites for hydroxylation is 2. The second-order valence-corrected chi connectivity index (χ2v) is 3.66. The van der Waals surface area contributed by atoms with Crippen LogP contribution in [0.5, 0.6) is 0 Å². The zero-order valence-electron chi connectivity index (χ0n) is 8.91. The zero-order chi connectivity index (χ0) is 12.3. The van der Waals surface area contributed by atoms with Gasteiger partial charge in [-0.2, -0.15) is 0 Å². The Bertz CT molecular complexity index is 423. The number of nitro benzene ring substituents is 1. The third-order valence-corrected chi connectivity index (χ3v) is 2.36. The minimum atomic E-state index is -0.465. The highest BCUT2D eigenvalue weighted by Crippen LogP contribution is 2.26. The van der Waals surface area contributed by atoms with E-state index in [0.29, 0.717) is 16.8 Å². The first-order chi connectivity index (χ1) is 7.45. The first-order valence-electron chi connectivity index (χ1n) is 4.57. The second-order valence-electron chi connectivity index (χ2n) is 3.39. The van der Waals surface area contributed by atoms with Crippen LogP contribution in [0.4, 0.5) is 11.4 Å². The van der Waals surface area contributed by atoms with E-state index in [4.69, 9.17) is 11.6 Å². The molecule has 1 amide bonds. The molecule has 0 aliphatic rings. The highest BCUT2D eigenvalue weighted by molar-refractivity contribution is 6.29. The van der Waals surface area contributed by atoms with Gasteiger partial charge in [-0.25, -0.2) is 0 Å². The van der Waals surface area contributed by atoms with Crippen LogP contribution in [-0.4, -0.2) is 16.7 Å². The molecule has 0 bridgehead atoms. The molecule has 0 saturated carbocycles. The van der Waals surface area contributed by atoms with Gasteiger partial charge in [0.25, 0.3) is 5.69 Å². The summed E-state index contributed by atoms with van der Waals surface area (Å²) in [6.07, 6.45) is 0. The number of halogens is 1. The normalized spacial score (nSPS) is 9.94. The Hall–Kier alpha value is -1.62. The summed E-state index contributed by atoms with van der Waals surface area (Å²) < 4.78 is 0. The van der Waals surface area contributed by atoms with Crippen molar-refractivity contribution in [1.29, 1.82) is 0 Å². The number of benzene rings is 1. The van der Waals surface area contributed by atoms with Crippen LogP contribution >= 0.6 is 11.6 Å². The molecule has 0 fully saturated rings. The lowest BCUT2D eigenvalue weighted by atomic mass is 10.1. The van der Waals surface area contributed by atoms with Crippen molar-refractivity contribution < 1.29 is 9.72 Å². The number of hydrogen-bond acceptors (Lipinski definition) is 3. The van der Waals surface area contributed by atoms with Crippen molar-refractivity contribution in [3.63, 3.8) is 0 Å². The minimum Gasteiger partial charge on any atom is -0.325 e. The first-order valence-corrected chi connectivity index (χ1v) is 5.10. The van der Waals surface area contributed by atoms with Crippen LogP contribution in [0.15, 0.2) is 12.1 Å². The molecular formula is C10H11ClN2O3. The number of non-ortho nitro benzene ring substituents is 1. The van der Waals surface area contributed by atoms with Gasteiger partial charge in [0.2, 0.25) is 5.91 Å². The number of carbonyl (C=O) groups excluding carboxylic acids is 1. The summed E-state index contributed by atoms with van der Waals surface area (Å²) in [7, 11) is 0. The molecule has 6 heteroatoms. The largest absolute Gasteiger partial charge is 0.325 e. The Kier molecular flexibility index (Phi) is 3.84. The van der Waals surface area contributed by atoms with Crippen LogP contribution in [0.2, 0.25) is 0 Å². The van der Waals surface area contributed by atoms with Crippen LogP contribution in [0, 0.1) is 24.0 Å². The van der Waals surface area contributed by atoms with Crippen LogP contribution in [0.25, 0.3) is 0 Å². The molecule has 0 atom stereocenters. The van der Waals surface area contributed by atoms with Crippen LogP contribution in [0.1, 0.15) is 11.1 Å². The number of anilines is 1. The Morgan fingerprint density at radius 3 is 2.31 bits per heavy atom. The Morgan fingerprint density at radius 1 is 1.44 bits per heavy atom. The van der Waals surface area contributed by atoms with Crippen molar-refractivity contribution >= 4 is 28.9 Å². The summed E-state index contributed by atoms with van der Waals surface area (Å²) in [6.45, 7) is 3.40. The molecule has 1 N–H and O–H groups in total. The van der Waals surface area contributed by atoms with Gasteiger partial charge in [-0.05, 0) is 25.0 Å². The highest BCUT2D eigenvalue weighted by atomic mass is 35.5. The maximum absolute atomic E-state index is 11.1. The number of hydrogen-bond donors (Lipinski definition) is 1. The van der Waals surface area contributed by atoms with Crippen molar-refractivity contribution in [3.05, 3.63) is 33.4 Å². The molecule has 0 radical (unpaired) electrons. The summed E-state index contributed by atoms with van der Waals surface area (Å²) in [5, 5.41) is 13.2. The molecule has 0 unspecified atom stereocenters. The standard InChI is InChI=1S/C10H11ClN2O3/c1-6-3-8(13(15)16)4-7(2)10(6)12-9(14)5-11/h3-4H,5H2,1-2H3,(H,12,14). The van der Waals surface area contributed by atoms with E-state index < -0.39 is 4.92 Å². The van der Waals surface area contributed by atoms with Gasteiger partial charge in [-0.1, -0.05) is 0 Å². The van der Waals surface area contributed by atoms with E-state index in [1.165, 1.54) is 12.1 Å². The van der Waals surface area contributed by atoms with Crippen molar-refractivity contribution in [2.24, 2.45) is 0 Å². The molecule has 1 aromatic carbocycles. The smallest absolute Gasteiger partial charge is 0.270 e. The number of rotatable bonds is 3. The summed E-state index contributed by atoms with van der Waals surface area (Å²) in [5.41, 5.74) is 1.88. The van der Waals surface area contributed by atoms with Gasteiger partial charge in [0.15, 0.2) is 0 Å². The SMILES string of the molecule is Cc1cc([N+](=O)[O-])cc(C)c1NC(=O)CCl. The van der Waals surface area contributed by atoms with Crippen molar-refractivity contribution in [2.75, 3.05) is 11.2 Å². The van der Waals surface area contributed by atoms with Crippen LogP contribution in [-0.2, 0) is 4.79 Å². The van der Waals surface area contributed by atoms with Crippen LogP contribution < -0.4 is 5.32 Å². The maximum Gasteiger partial charge on any atom is 0.270 e. The first kappa shape index (κ1) is 12.4. The van der Waals surface area contributed by atoms with Crippen molar-refractivity contribution in [1.82, 2.24) is 0 Å². The molecule has 0 saturated heterocycles. The van der Waals surface area contributed by atoms with Gasteiger partial charge in [-0.15, -0.1) is 11.6 Å². The summed E-state index contributed by atoms with van der Waals surface area (Å²) >= 11 is 5.37. The fraction of sp³-hybridized carbons (Fsp3) is 0.300. The van der Waals surface area contributed by atoms with Gasteiger partial charge in [0.05, 0.1) is 4.92 Å². The number of nitrogens with one attached hydrogen (secondary N) is 1. The fourth-order valence-corrected chi connectivity index (χ4v) is 1.48. The number of alkyl halides is 1. The van der Waals surface area contributed by atoms with Gasteiger partial charge < -0.3 is 5.32 Å². The van der Waals surface area contributed by atoms with Gasteiger partial charge in [0.1, 0.15) is 5.88 Å². The molecule has 0 aliphatic heterocycles. The predicted molar refractivity (Wildman–Crippen MR) is 61.9 cm³/mol. The molecule has 1 rings (SSSR count). The third kappa shape index (κ3) is 2.70. The molecular weight excluding hydrogens is 232 g/mol. The summed E-state index contributed by atoms with van der Waals surface area (Å²) in [5.74, 6) is -0.475. The predicted octanol–water partition coefficient (Wildman–Crippen LogP) is 2.39. The van der Waals surface area contributed by atoms with Crippen molar-refractivity contribution in [2.45, 2.75) is 13.8 Å². The van der Waals surface area contributed by atoms with E-state index in [0.717, 1.165) is 0 Å². The molecule has 1 aromatic rings. The molecule has 16 heavy (non-hydrogen) atoms. The minimum absolute atomic E-state index is 0.0128. The number of amides is 1. The zero-order valence-corrected chi connectivity index (χ0v) is 9.67. The van der Waals surface area contributed by atoms with E-state index in [1.54, 1.807) is 13.8 Å². The molecule has 0 spiro atoms. The van der Waals surface area contributed by atoms with Crippen LogP contribution in [0.3, 0.4) is 0 Å². The average molecular weight is 243 g/mol. The number of carbonyl (C=O) groups is 1. The molecule has 0 aliphatic carbocycles. The lowest BCUT2D eigenvalue weighted by molar-refractivity contribution is -0.384. The molecule has 86 valence electrons. The van der Waals surface area contributed by atoms with Gasteiger partial charge >= 0.3 is 0 Å². The maximum atomic E-state index is 11.1. The lowest BCUT2D eigenvalue weighted by Gasteiger charge is -2.10. The number of nitrogens with zero attached hydrogens (tertiary/aromatic N) is 1. The third-order valence-electron chi connectivity index (χ3n) is 2.11. The molecule has 0 aromatic heterocycles. The monoisotopic (exact) mass is 242 g/mol. The van der Waals surface area contributed by atoms with E-state index in [-0.39, 0.29) is 17.5 Å². The van der Waals surface area contributed by atoms with Gasteiger partial charge in [-0.3, -0.25) is 14.9 Å². The fourth-order valence-electron chi connectivity index (χ4n) is 1.42. The Labute approximate surface area is 97.6 Å². The second kappa shape index (κ2) is 4.94. The van der Waals surface area contributed by atoms with E-state index in [9.17, 15) is 14.9 Å². The molecule has 5 nitrogen and oxygen atoms in total. The van der Waals surface area contributed by atoms with Gasteiger partial charge in [0, 0.05) is 17.8 Å². The Balaban J connectivity index is 3.12. The molecule has 0 heterocycles. The van der Waals surface area contributed by atoms with E-state index in [1.807, 2.05) is 0 Å². The highest BCUT2D eigenvalue weighted by Gasteiger charge is 2.13. The van der Waals surface area contributed by atoms with Crippen molar-refractivity contribution in [3.8, 4) is 0 Å². The Morgan fingerprint density at radius 2 is 1.94 bits per heavy atom. The van der Waals surface area contributed by atoms with E-state index >= 15 is 0 Å². The summed E-state index contributed by atoms with van der Waals surface area (Å²) in [4.78, 5) is 21.3.